The minimum Gasteiger partial charge on any atom is -0.336 e. The van der Waals surface area contributed by atoms with Crippen molar-refractivity contribution in [2.75, 3.05) is 46.8 Å². The lowest BCUT2D eigenvalue weighted by Crippen LogP contribution is -2.56. The van der Waals surface area contributed by atoms with Crippen molar-refractivity contribution in [1.82, 2.24) is 20.0 Å². The highest BCUT2D eigenvalue weighted by atomic mass is 16.2. The molecule has 2 rings (SSSR count). The maximum atomic E-state index is 13.0. The van der Waals surface area contributed by atoms with Gasteiger partial charge in [0.15, 0.2) is 0 Å². The molecule has 148 valence electrons. The number of likely N-dealkylation sites (N-methyl/N-ethyl adjacent to an activating group) is 1. The fourth-order valence-corrected chi connectivity index (χ4v) is 4.30. The second kappa shape index (κ2) is 9.46. The number of rotatable bonds is 6. The summed E-state index contributed by atoms with van der Waals surface area (Å²) in [6.07, 6.45) is 2.85. The summed E-state index contributed by atoms with van der Waals surface area (Å²) in [6, 6.07) is 0.0926. The van der Waals surface area contributed by atoms with E-state index in [1.807, 2.05) is 25.9 Å². The Labute approximate surface area is 157 Å². The van der Waals surface area contributed by atoms with Crippen LogP contribution in [0.4, 0.5) is 4.79 Å². The van der Waals surface area contributed by atoms with E-state index in [0.717, 1.165) is 19.5 Å². The summed E-state index contributed by atoms with van der Waals surface area (Å²) >= 11 is 0. The van der Waals surface area contributed by atoms with Crippen LogP contribution in [0.1, 0.15) is 39.5 Å². The van der Waals surface area contributed by atoms with E-state index in [2.05, 4.69) is 17.1 Å². The number of amides is 3. The average molecular weight is 367 g/mol. The number of ketones is 1. The van der Waals surface area contributed by atoms with E-state index in [4.69, 9.17) is 0 Å². The number of nitrogens with one attached hydrogen (secondary N) is 1. The molecule has 3 amide bonds. The first-order chi connectivity index (χ1) is 12.4. The molecule has 2 aliphatic rings. The highest BCUT2D eigenvalue weighted by Crippen LogP contribution is 2.36. The summed E-state index contributed by atoms with van der Waals surface area (Å²) in [5.74, 6) is 0.241. The number of likely N-dealkylation sites (tertiary alicyclic amines) is 1. The Hall–Kier alpha value is -1.47. The summed E-state index contributed by atoms with van der Waals surface area (Å²) < 4.78 is 0. The lowest BCUT2D eigenvalue weighted by molar-refractivity contribution is -0.138. The van der Waals surface area contributed by atoms with Gasteiger partial charge in [-0.05, 0) is 46.3 Å². The van der Waals surface area contributed by atoms with Crippen molar-refractivity contribution in [2.24, 2.45) is 11.8 Å². The molecule has 1 heterocycles. The van der Waals surface area contributed by atoms with Gasteiger partial charge in [-0.3, -0.25) is 19.4 Å². The molecule has 1 N–H and O–H groups in total. The first-order valence-electron chi connectivity index (χ1n) is 9.87. The monoisotopic (exact) mass is 366 g/mol. The van der Waals surface area contributed by atoms with E-state index < -0.39 is 0 Å². The van der Waals surface area contributed by atoms with Crippen molar-refractivity contribution in [3.63, 3.8) is 0 Å². The SMILES string of the molecule is CCN(C(=O)NCCN(C)C)C(=O)[C@@H]1C[C@@H]2CC(=O)CC[C@H]2N(CC)C1. The van der Waals surface area contributed by atoms with Crippen LogP contribution in [0.25, 0.3) is 0 Å². The number of fused-ring (bicyclic) bond motifs is 1. The first kappa shape index (κ1) is 20.8. The lowest BCUT2D eigenvalue weighted by Gasteiger charge is -2.46. The number of hydrogen-bond donors (Lipinski definition) is 1. The topological polar surface area (TPSA) is 73.0 Å². The van der Waals surface area contributed by atoms with Gasteiger partial charge in [-0.2, -0.15) is 0 Å². The predicted octanol–water partition coefficient (Wildman–Crippen LogP) is 1.19. The molecule has 26 heavy (non-hydrogen) atoms. The maximum Gasteiger partial charge on any atom is 0.324 e. The molecule has 0 aromatic carbocycles. The van der Waals surface area contributed by atoms with Crippen LogP contribution in [-0.4, -0.2) is 85.3 Å². The van der Waals surface area contributed by atoms with Crippen molar-refractivity contribution in [2.45, 2.75) is 45.6 Å². The van der Waals surface area contributed by atoms with Gasteiger partial charge in [-0.25, -0.2) is 4.79 Å². The van der Waals surface area contributed by atoms with Crippen LogP contribution in [-0.2, 0) is 9.59 Å². The number of hydrogen-bond acceptors (Lipinski definition) is 5. The molecule has 1 saturated carbocycles. The largest absolute Gasteiger partial charge is 0.336 e. The van der Waals surface area contributed by atoms with Gasteiger partial charge in [0.2, 0.25) is 5.91 Å². The van der Waals surface area contributed by atoms with E-state index in [0.29, 0.717) is 50.7 Å². The summed E-state index contributed by atoms with van der Waals surface area (Å²) in [4.78, 5) is 43.0. The van der Waals surface area contributed by atoms with Gasteiger partial charge in [-0.15, -0.1) is 0 Å². The molecule has 1 saturated heterocycles. The van der Waals surface area contributed by atoms with Crippen molar-refractivity contribution in [3.8, 4) is 0 Å². The summed E-state index contributed by atoms with van der Waals surface area (Å²) in [5, 5.41) is 2.83. The van der Waals surface area contributed by atoms with Gasteiger partial charge in [0.1, 0.15) is 5.78 Å². The van der Waals surface area contributed by atoms with Gasteiger partial charge < -0.3 is 10.2 Å². The number of carbonyl (C=O) groups is 3. The van der Waals surface area contributed by atoms with E-state index in [9.17, 15) is 14.4 Å². The molecule has 2 fully saturated rings. The van der Waals surface area contributed by atoms with E-state index in [1.165, 1.54) is 4.90 Å². The summed E-state index contributed by atoms with van der Waals surface area (Å²) in [6.45, 7) is 7.11. The van der Waals surface area contributed by atoms with E-state index >= 15 is 0 Å². The summed E-state index contributed by atoms with van der Waals surface area (Å²) in [5.41, 5.74) is 0. The maximum absolute atomic E-state index is 13.0. The molecule has 0 spiro atoms. The first-order valence-corrected chi connectivity index (χ1v) is 9.87. The van der Waals surface area contributed by atoms with E-state index in [1.54, 1.807) is 0 Å². The van der Waals surface area contributed by atoms with E-state index in [-0.39, 0.29) is 23.8 Å². The molecular weight excluding hydrogens is 332 g/mol. The Balaban J connectivity index is 2.01. The van der Waals surface area contributed by atoms with Gasteiger partial charge >= 0.3 is 6.03 Å². The third-order valence-electron chi connectivity index (χ3n) is 5.68. The smallest absolute Gasteiger partial charge is 0.324 e. The Morgan fingerprint density at radius 1 is 1.27 bits per heavy atom. The molecule has 0 unspecified atom stereocenters. The number of urea groups is 1. The minimum absolute atomic E-state index is 0.107. The highest BCUT2D eigenvalue weighted by Gasteiger charge is 2.42. The van der Waals surface area contributed by atoms with Gasteiger partial charge in [0, 0.05) is 45.1 Å². The lowest BCUT2D eigenvalue weighted by atomic mass is 9.74. The normalized spacial score (nSPS) is 26.5. The van der Waals surface area contributed by atoms with Crippen LogP contribution >= 0.6 is 0 Å². The van der Waals surface area contributed by atoms with Crippen LogP contribution in [0, 0.1) is 11.8 Å². The number of carbonyl (C=O) groups excluding carboxylic acids is 3. The van der Waals surface area contributed by atoms with Gasteiger partial charge in [0.05, 0.1) is 5.92 Å². The zero-order valence-electron chi connectivity index (χ0n) is 16.7. The fourth-order valence-electron chi connectivity index (χ4n) is 4.30. The number of Topliss-reactive ketones (excluding diaryl/α,β-unsaturated/α-hetero) is 1. The molecule has 0 radical (unpaired) electrons. The number of nitrogens with zero attached hydrogens (tertiary/aromatic N) is 3. The Bertz CT molecular complexity index is 523. The molecule has 3 atom stereocenters. The quantitative estimate of drug-likeness (QED) is 0.764. The van der Waals surface area contributed by atoms with Gasteiger partial charge in [0.25, 0.3) is 0 Å². The third-order valence-corrected chi connectivity index (χ3v) is 5.68. The average Bonchev–Trinajstić information content (AvgIpc) is 2.60. The van der Waals surface area contributed by atoms with Crippen LogP contribution in [0.2, 0.25) is 0 Å². The van der Waals surface area contributed by atoms with Crippen molar-refractivity contribution in [3.05, 3.63) is 0 Å². The Morgan fingerprint density at radius 2 is 2.00 bits per heavy atom. The number of imide groups is 1. The van der Waals surface area contributed by atoms with Crippen LogP contribution in [0.5, 0.6) is 0 Å². The zero-order chi connectivity index (χ0) is 19.3. The molecular formula is C19H34N4O3. The molecule has 7 nitrogen and oxygen atoms in total. The highest BCUT2D eigenvalue weighted by molar-refractivity contribution is 5.95. The molecule has 0 aromatic rings. The Kier molecular flexibility index (Phi) is 7.58. The zero-order valence-corrected chi connectivity index (χ0v) is 16.7. The van der Waals surface area contributed by atoms with Crippen molar-refractivity contribution >= 4 is 17.7 Å². The van der Waals surface area contributed by atoms with Crippen LogP contribution in [0.15, 0.2) is 0 Å². The van der Waals surface area contributed by atoms with Crippen molar-refractivity contribution < 1.29 is 14.4 Å². The van der Waals surface area contributed by atoms with Crippen molar-refractivity contribution in [1.29, 1.82) is 0 Å². The number of piperidine rings is 1. The second-order valence-corrected chi connectivity index (χ2v) is 7.75. The third kappa shape index (κ3) is 5.04. The Morgan fingerprint density at radius 3 is 2.62 bits per heavy atom. The van der Waals surface area contributed by atoms with Gasteiger partial charge in [-0.1, -0.05) is 6.92 Å². The van der Waals surface area contributed by atoms with Crippen LogP contribution in [0.3, 0.4) is 0 Å². The molecule has 0 aromatic heterocycles. The second-order valence-electron chi connectivity index (χ2n) is 7.75. The minimum atomic E-state index is -0.316. The standard InChI is InChI=1S/C19H34N4O3/c1-5-22-13-15(11-14-12-16(24)7-8-17(14)22)18(25)23(6-2)19(26)20-9-10-21(3)4/h14-15,17H,5-13H2,1-4H3,(H,20,26)/t14-,15-,17-/m1/s1. The fraction of sp³-hybridized carbons (Fsp3) is 0.842. The molecule has 1 aliphatic carbocycles. The predicted molar refractivity (Wildman–Crippen MR) is 101 cm³/mol. The summed E-state index contributed by atoms with van der Waals surface area (Å²) in [7, 11) is 3.89. The molecule has 0 bridgehead atoms. The molecule has 7 heteroatoms. The molecule has 1 aliphatic heterocycles. The van der Waals surface area contributed by atoms with Crippen LogP contribution < -0.4 is 5.32 Å².